The Morgan fingerprint density at radius 2 is 2.00 bits per heavy atom. The molecule has 0 aliphatic heterocycles. The fourth-order valence-electron chi connectivity index (χ4n) is 0. The number of rotatable bonds is 1. The molecule has 40 valence electrons. The Morgan fingerprint density at radius 1 is 1.86 bits per heavy atom. The molecule has 0 unspecified atom stereocenters. The Balaban J connectivity index is -0.0000000267. The number of aliphatic carboxylic acids is 1. The summed E-state index contributed by atoms with van der Waals surface area (Å²) >= 11 is 0. The van der Waals surface area contributed by atoms with E-state index < -0.39 is 5.97 Å². The first kappa shape index (κ1) is 15.7. The summed E-state index contributed by atoms with van der Waals surface area (Å²) in [5.74, 6) is -0.745. The summed E-state index contributed by atoms with van der Waals surface area (Å²) in [5, 5.41) is 7.72. The molecule has 0 spiro atoms. The summed E-state index contributed by atoms with van der Waals surface area (Å²) < 4.78 is 0. The van der Waals surface area contributed by atoms with Crippen LogP contribution in [0.5, 0.6) is 0 Å². The molecule has 0 aliphatic rings. The molecule has 0 bridgehead atoms. The van der Waals surface area contributed by atoms with Crippen molar-refractivity contribution in [2.45, 2.75) is 13.3 Å². The zero-order valence-electron chi connectivity index (χ0n) is 5.77. The quantitative estimate of drug-likeness (QED) is 0.395. The van der Waals surface area contributed by atoms with Gasteiger partial charge in [-0.1, -0.05) is 6.92 Å². The molecule has 0 rings (SSSR count). The van der Waals surface area contributed by atoms with Gasteiger partial charge in [-0.15, -0.1) is 0 Å². The predicted octanol–water partition coefficient (Wildman–Crippen LogP) is -2.24. The van der Waals surface area contributed by atoms with Crippen LogP contribution >= 0.6 is 0 Å². The fraction of sp³-hybridized carbons (Fsp3) is 0.667. The van der Waals surface area contributed by atoms with Gasteiger partial charge in [0.1, 0.15) is 0 Å². The normalized spacial score (nSPS) is 5.29. The third-order valence-corrected chi connectivity index (χ3v) is 0.302. The largest absolute Gasteiger partial charge is 1.00 e. The summed E-state index contributed by atoms with van der Waals surface area (Å²) in [6, 6.07) is 0. The standard InChI is InChI=1S/C3H6O2.K.H3N.H/c1-2-3(4)5;;;/h2H2,1H3,(H,4,5);;1H3;/q;+1;;-1. The molecule has 0 saturated carbocycles. The molecule has 0 aliphatic carbocycles. The molecule has 4 heteroatoms. The first-order chi connectivity index (χ1) is 2.27. The van der Waals surface area contributed by atoms with Crippen molar-refractivity contribution in [2.24, 2.45) is 0 Å². The smallest absolute Gasteiger partial charge is 1.00 e. The van der Waals surface area contributed by atoms with E-state index in [4.69, 9.17) is 5.11 Å². The van der Waals surface area contributed by atoms with E-state index in [0.29, 0.717) is 0 Å². The van der Waals surface area contributed by atoms with E-state index in [9.17, 15) is 4.79 Å². The van der Waals surface area contributed by atoms with Crippen LogP contribution in [0.1, 0.15) is 14.8 Å². The van der Waals surface area contributed by atoms with Crippen LogP contribution in [0, 0.1) is 0 Å². The molecule has 0 aromatic heterocycles. The summed E-state index contributed by atoms with van der Waals surface area (Å²) in [4.78, 5) is 9.37. The van der Waals surface area contributed by atoms with E-state index >= 15 is 0 Å². The minimum Gasteiger partial charge on any atom is -1.00 e. The van der Waals surface area contributed by atoms with Crippen molar-refractivity contribution >= 4 is 5.97 Å². The van der Waals surface area contributed by atoms with Crippen molar-refractivity contribution in [1.82, 2.24) is 6.15 Å². The van der Waals surface area contributed by atoms with Gasteiger partial charge in [0.05, 0.1) is 0 Å². The molecular weight excluding hydrogens is 121 g/mol. The molecule has 0 heterocycles. The van der Waals surface area contributed by atoms with Crippen LogP contribution in [-0.4, -0.2) is 11.1 Å². The van der Waals surface area contributed by atoms with Crippen molar-refractivity contribution in [3.8, 4) is 0 Å². The second-order valence-corrected chi connectivity index (χ2v) is 0.747. The molecule has 0 amide bonds. The number of hydrogen-bond acceptors (Lipinski definition) is 2. The van der Waals surface area contributed by atoms with Crippen LogP contribution in [0.15, 0.2) is 0 Å². The van der Waals surface area contributed by atoms with Crippen LogP contribution in [0.3, 0.4) is 0 Å². The minimum atomic E-state index is -0.745. The molecule has 7 heavy (non-hydrogen) atoms. The van der Waals surface area contributed by atoms with Gasteiger partial charge < -0.3 is 12.7 Å². The van der Waals surface area contributed by atoms with Gasteiger partial charge in [0.25, 0.3) is 0 Å². The second-order valence-electron chi connectivity index (χ2n) is 0.747. The molecule has 0 aromatic rings. The maximum atomic E-state index is 9.37. The van der Waals surface area contributed by atoms with Gasteiger partial charge in [0.15, 0.2) is 0 Å². The van der Waals surface area contributed by atoms with Crippen molar-refractivity contribution in [3.63, 3.8) is 0 Å². The average molecular weight is 131 g/mol. The van der Waals surface area contributed by atoms with Crippen LogP contribution in [0.2, 0.25) is 0 Å². The van der Waals surface area contributed by atoms with Gasteiger partial charge in [-0.3, -0.25) is 4.79 Å². The summed E-state index contributed by atoms with van der Waals surface area (Å²) in [6.45, 7) is 1.60. The number of carboxylic acid groups (broad SMARTS) is 1. The summed E-state index contributed by atoms with van der Waals surface area (Å²) in [7, 11) is 0. The second kappa shape index (κ2) is 10.1. The Labute approximate surface area is 87.0 Å². The van der Waals surface area contributed by atoms with Crippen LogP contribution in [0.25, 0.3) is 0 Å². The summed E-state index contributed by atoms with van der Waals surface area (Å²) in [5.41, 5.74) is 0. The van der Waals surface area contributed by atoms with Crippen molar-refractivity contribution in [1.29, 1.82) is 0 Å². The van der Waals surface area contributed by atoms with E-state index in [1.807, 2.05) is 0 Å². The van der Waals surface area contributed by atoms with Crippen LogP contribution < -0.4 is 57.5 Å². The molecular formula is C3H10KNO2. The maximum absolute atomic E-state index is 9.37. The topological polar surface area (TPSA) is 72.3 Å². The number of carbonyl (C=O) groups is 1. The van der Waals surface area contributed by atoms with E-state index in [1.165, 1.54) is 0 Å². The van der Waals surface area contributed by atoms with Gasteiger partial charge in [0, 0.05) is 6.42 Å². The van der Waals surface area contributed by atoms with Crippen LogP contribution in [0.4, 0.5) is 0 Å². The molecule has 0 saturated heterocycles. The Kier molecular flexibility index (Phi) is 22.7. The summed E-state index contributed by atoms with van der Waals surface area (Å²) in [6.07, 6.45) is 0.222. The molecule has 3 nitrogen and oxygen atoms in total. The Morgan fingerprint density at radius 3 is 2.00 bits per heavy atom. The maximum Gasteiger partial charge on any atom is 1.00 e. The predicted molar refractivity (Wildman–Crippen MR) is 24.1 cm³/mol. The third kappa shape index (κ3) is 19.3. The van der Waals surface area contributed by atoms with Crippen molar-refractivity contribution in [2.75, 3.05) is 0 Å². The molecule has 4 N–H and O–H groups in total. The number of carboxylic acids is 1. The fourth-order valence-corrected chi connectivity index (χ4v) is 0. The SMILES string of the molecule is CCC(=O)O.N.[H-].[K+]. The van der Waals surface area contributed by atoms with E-state index in [0.717, 1.165) is 0 Å². The van der Waals surface area contributed by atoms with Gasteiger partial charge in [0.2, 0.25) is 0 Å². The zero-order valence-corrected chi connectivity index (χ0v) is 7.89. The zero-order chi connectivity index (χ0) is 4.28. The van der Waals surface area contributed by atoms with Gasteiger partial charge in [-0.25, -0.2) is 0 Å². The number of hydrogen-bond donors (Lipinski definition) is 2. The van der Waals surface area contributed by atoms with Gasteiger partial charge >= 0.3 is 57.4 Å². The van der Waals surface area contributed by atoms with Gasteiger partial charge in [-0.2, -0.15) is 0 Å². The molecule has 0 fully saturated rings. The first-order valence-electron chi connectivity index (χ1n) is 1.49. The van der Waals surface area contributed by atoms with Gasteiger partial charge in [-0.05, 0) is 0 Å². The Hall–Kier alpha value is 1.07. The van der Waals surface area contributed by atoms with Crippen molar-refractivity contribution < 1.29 is 62.7 Å². The van der Waals surface area contributed by atoms with E-state index in [-0.39, 0.29) is 65.4 Å². The van der Waals surface area contributed by atoms with E-state index in [1.54, 1.807) is 6.92 Å². The third-order valence-electron chi connectivity index (χ3n) is 0.302. The molecule has 0 radical (unpaired) electrons. The molecule has 0 atom stereocenters. The average Bonchev–Trinajstić information content (AvgIpc) is 1.38. The first-order valence-corrected chi connectivity index (χ1v) is 1.49. The molecule has 0 aromatic carbocycles. The Bertz CT molecular complexity index is 52.5. The monoisotopic (exact) mass is 131 g/mol. The van der Waals surface area contributed by atoms with E-state index in [2.05, 4.69) is 0 Å². The van der Waals surface area contributed by atoms with Crippen molar-refractivity contribution in [3.05, 3.63) is 0 Å². The van der Waals surface area contributed by atoms with Crippen LogP contribution in [-0.2, 0) is 4.79 Å². The minimum absolute atomic E-state index is 0.